The first-order valence-electron chi connectivity index (χ1n) is 21.6. The summed E-state index contributed by atoms with van der Waals surface area (Å²) in [6.45, 7) is 0. The van der Waals surface area contributed by atoms with Crippen LogP contribution in [0, 0.1) is 5.92 Å². The van der Waals surface area contributed by atoms with Gasteiger partial charge in [-0.3, -0.25) is 0 Å². The Morgan fingerprint density at radius 1 is 0.532 bits per heavy atom. The van der Waals surface area contributed by atoms with Gasteiger partial charge >= 0.3 is 0 Å². The molecule has 1 aliphatic heterocycles. The molecule has 0 fully saturated rings. The summed E-state index contributed by atoms with van der Waals surface area (Å²) in [5, 5.41) is 6.18. The molecule has 1 N–H and O–H groups in total. The summed E-state index contributed by atoms with van der Waals surface area (Å²) in [4.78, 5) is 10.7. The molecule has 0 spiro atoms. The predicted molar refractivity (Wildman–Crippen MR) is 256 cm³/mol. The highest BCUT2D eigenvalue weighted by Crippen LogP contribution is 2.59. The van der Waals surface area contributed by atoms with Crippen LogP contribution in [0.1, 0.15) is 39.8 Å². The van der Waals surface area contributed by atoms with Crippen LogP contribution in [0.5, 0.6) is 0 Å². The molecule has 0 saturated carbocycles. The van der Waals surface area contributed by atoms with Gasteiger partial charge in [-0.1, -0.05) is 206 Å². The standard InChI is InChI=1S/C58H42N4/c1-5-18-39(19-6-1)40-32-34-42(35-33-40)56-59-55(41-20-7-2-8-21-41)60-57(61-56)43-22-17-27-46(38-43)62-52-31-16-14-29-48(52)50-37-36-49-47-28-13-15-30-51(47)58(53(49)54(50)62,44-23-9-3-10-24-44)45-25-11-4-12-26-45/h1-20,22-38,41,55H,21H2,(H,59,60,61). The topological polar surface area (TPSA) is 41.7 Å². The first-order valence-corrected chi connectivity index (χ1v) is 21.6. The third kappa shape index (κ3) is 5.68. The summed E-state index contributed by atoms with van der Waals surface area (Å²) < 4.78 is 2.50. The van der Waals surface area contributed by atoms with E-state index in [4.69, 9.17) is 9.98 Å². The second-order valence-corrected chi connectivity index (χ2v) is 16.5. The average molecular weight is 795 g/mol. The zero-order valence-corrected chi connectivity index (χ0v) is 34.1. The normalized spacial score (nSPS) is 17.3. The van der Waals surface area contributed by atoms with Crippen molar-refractivity contribution in [2.45, 2.75) is 18.0 Å². The fraction of sp³-hybridized carbons (Fsp3) is 0.0690. The molecular formula is C58H42N4. The minimum absolute atomic E-state index is 0.177. The lowest BCUT2D eigenvalue weighted by Gasteiger charge is -2.34. The molecule has 62 heavy (non-hydrogen) atoms. The van der Waals surface area contributed by atoms with Gasteiger partial charge in [0.15, 0.2) is 5.84 Å². The Balaban J connectivity index is 1.08. The Bertz CT molecular complexity index is 3240. The highest BCUT2D eigenvalue weighted by atomic mass is 15.2. The Morgan fingerprint density at radius 2 is 1.19 bits per heavy atom. The highest BCUT2D eigenvalue weighted by Gasteiger charge is 2.48. The minimum Gasteiger partial charge on any atom is -0.347 e. The van der Waals surface area contributed by atoms with E-state index in [-0.39, 0.29) is 12.1 Å². The largest absolute Gasteiger partial charge is 0.347 e. The van der Waals surface area contributed by atoms with Crippen molar-refractivity contribution >= 4 is 33.5 Å². The molecule has 4 nitrogen and oxygen atoms in total. The highest BCUT2D eigenvalue weighted by molar-refractivity contribution is 6.15. The number of aromatic nitrogens is 1. The molecule has 2 aliphatic carbocycles. The van der Waals surface area contributed by atoms with Gasteiger partial charge in [0.2, 0.25) is 0 Å². The minimum atomic E-state index is -0.568. The van der Waals surface area contributed by atoms with E-state index in [0.717, 1.165) is 40.4 Å². The van der Waals surface area contributed by atoms with Crippen LogP contribution in [0.15, 0.2) is 234 Å². The van der Waals surface area contributed by atoms with Crippen LogP contribution in [0.3, 0.4) is 0 Å². The summed E-state index contributed by atoms with van der Waals surface area (Å²) in [6.07, 6.45) is 9.48. The van der Waals surface area contributed by atoms with Gasteiger partial charge < -0.3 is 9.88 Å². The molecule has 2 unspecified atom stereocenters. The van der Waals surface area contributed by atoms with Crippen LogP contribution >= 0.6 is 0 Å². The summed E-state index contributed by atoms with van der Waals surface area (Å²) >= 11 is 0. The van der Waals surface area contributed by atoms with Gasteiger partial charge in [0.1, 0.15) is 12.0 Å². The fourth-order valence-corrected chi connectivity index (χ4v) is 10.3. The Morgan fingerprint density at radius 3 is 1.95 bits per heavy atom. The van der Waals surface area contributed by atoms with Gasteiger partial charge in [-0.15, -0.1) is 0 Å². The van der Waals surface area contributed by atoms with Gasteiger partial charge in [0.25, 0.3) is 0 Å². The van der Waals surface area contributed by atoms with Crippen molar-refractivity contribution < 1.29 is 0 Å². The van der Waals surface area contributed by atoms with Gasteiger partial charge in [-0.25, -0.2) is 9.98 Å². The lowest BCUT2D eigenvalue weighted by molar-refractivity contribution is 0.475. The molecule has 2 atom stereocenters. The smallest absolute Gasteiger partial charge is 0.159 e. The third-order valence-corrected chi connectivity index (χ3v) is 13.1. The van der Waals surface area contributed by atoms with E-state index < -0.39 is 5.41 Å². The predicted octanol–water partition coefficient (Wildman–Crippen LogP) is 13.1. The van der Waals surface area contributed by atoms with Crippen molar-refractivity contribution in [3.8, 4) is 27.9 Å². The Labute approximate surface area is 361 Å². The Hall–Kier alpha value is -7.82. The summed E-state index contributed by atoms with van der Waals surface area (Å²) in [6, 6.07) is 72.8. The van der Waals surface area contributed by atoms with Crippen molar-refractivity contribution in [3.63, 3.8) is 0 Å². The van der Waals surface area contributed by atoms with Gasteiger partial charge in [0, 0.05) is 39.1 Å². The third-order valence-electron chi connectivity index (χ3n) is 13.1. The number of allylic oxidation sites excluding steroid dienone is 3. The number of hydrogen-bond acceptors (Lipinski definition) is 3. The van der Waals surface area contributed by atoms with E-state index >= 15 is 0 Å². The van der Waals surface area contributed by atoms with E-state index in [0.29, 0.717) is 0 Å². The number of nitrogens with zero attached hydrogens (tertiary/aromatic N) is 3. The average Bonchev–Trinajstić information content (AvgIpc) is 3.86. The second kappa shape index (κ2) is 14.7. The van der Waals surface area contributed by atoms with Crippen LogP contribution < -0.4 is 5.32 Å². The number of para-hydroxylation sites is 1. The molecule has 12 rings (SSSR count). The number of rotatable bonds is 7. The lowest BCUT2D eigenvalue weighted by Crippen LogP contribution is -2.43. The van der Waals surface area contributed by atoms with Crippen LogP contribution in [0.25, 0.3) is 49.7 Å². The van der Waals surface area contributed by atoms with E-state index in [2.05, 4.69) is 234 Å². The molecule has 294 valence electrons. The van der Waals surface area contributed by atoms with Gasteiger partial charge in [-0.2, -0.15) is 0 Å². The van der Waals surface area contributed by atoms with Crippen molar-refractivity contribution in [2.75, 3.05) is 0 Å². The molecule has 1 aromatic heterocycles. The number of nitrogens with one attached hydrogen (secondary N) is 1. The number of fused-ring (bicyclic) bond motifs is 7. The lowest BCUT2D eigenvalue weighted by atomic mass is 9.67. The summed E-state index contributed by atoms with van der Waals surface area (Å²) in [5.74, 6) is 1.75. The molecule has 0 radical (unpaired) electrons. The molecule has 4 heteroatoms. The van der Waals surface area contributed by atoms with Gasteiger partial charge in [-0.05, 0) is 63.6 Å². The zero-order chi connectivity index (χ0) is 41.0. The molecule has 8 aromatic carbocycles. The molecule has 0 bridgehead atoms. The van der Waals surface area contributed by atoms with Crippen LogP contribution in [-0.2, 0) is 5.41 Å². The molecular weight excluding hydrogens is 753 g/mol. The SMILES string of the molecule is C1=CCC(C2N=C(c3cccc(-n4c5ccccc5c5ccc6c(c54)C(c4ccccc4)(c4ccccc4)c4ccccc4-6)c3)N=C(c3ccc(-c4ccccc4)cc3)N2)C=C1. The van der Waals surface area contributed by atoms with Crippen molar-refractivity contribution in [1.29, 1.82) is 0 Å². The van der Waals surface area contributed by atoms with Crippen molar-refractivity contribution in [3.05, 3.63) is 258 Å². The molecule has 0 amide bonds. The second-order valence-electron chi connectivity index (χ2n) is 16.5. The van der Waals surface area contributed by atoms with E-state index in [1.54, 1.807) is 0 Å². The first kappa shape index (κ1) is 36.1. The monoisotopic (exact) mass is 794 g/mol. The van der Waals surface area contributed by atoms with Crippen LogP contribution in [-0.4, -0.2) is 22.4 Å². The maximum Gasteiger partial charge on any atom is 0.159 e. The maximum atomic E-state index is 5.37. The zero-order valence-electron chi connectivity index (χ0n) is 34.1. The molecule has 2 heterocycles. The molecule has 3 aliphatic rings. The molecule has 9 aromatic rings. The summed E-state index contributed by atoms with van der Waals surface area (Å²) in [5.41, 5.74) is 14.8. The fourth-order valence-electron chi connectivity index (χ4n) is 10.3. The number of aliphatic imine (C=N–C) groups is 2. The number of amidine groups is 2. The summed E-state index contributed by atoms with van der Waals surface area (Å²) in [7, 11) is 0. The van der Waals surface area contributed by atoms with Crippen LogP contribution in [0.2, 0.25) is 0 Å². The Kier molecular flexibility index (Phi) is 8.56. The van der Waals surface area contributed by atoms with Gasteiger partial charge in [0.05, 0.1) is 16.4 Å². The van der Waals surface area contributed by atoms with E-state index in [1.165, 1.54) is 60.8 Å². The van der Waals surface area contributed by atoms with Crippen molar-refractivity contribution in [1.82, 2.24) is 9.88 Å². The van der Waals surface area contributed by atoms with E-state index in [9.17, 15) is 0 Å². The van der Waals surface area contributed by atoms with E-state index in [1.807, 2.05) is 0 Å². The molecule has 0 saturated heterocycles. The number of hydrogen-bond donors (Lipinski definition) is 1. The van der Waals surface area contributed by atoms with Crippen molar-refractivity contribution in [2.24, 2.45) is 15.9 Å². The number of benzene rings is 8. The van der Waals surface area contributed by atoms with Crippen LogP contribution in [0.4, 0.5) is 0 Å². The first-order chi connectivity index (χ1) is 30.8. The maximum absolute atomic E-state index is 5.37. The quantitative estimate of drug-likeness (QED) is 0.172.